The van der Waals surface area contributed by atoms with Crippen LogP contribution in [0.1, 0.15) is 10.4 Å². The van der Waals surface area contributed by atoms with E-state index in [-0.39, 0.29) is 5.56 Å². The van der Waals surface area contributed by atoms with Gasteiger partial charge in [0.15, 0.2) is 0 Å². The zero-order valence-corrected chi connectivity index (χ0v) is 11.6. The number of benzene rings is 2. The molecule has 1 heterocycles. The number of hydrogen-bond acceptors (Lipinski definition) is 4. The Morgan fingerprint density at radius 2 is 1.64 bits per heavy atom. The minimum Gasteiger partial charge on any atom is -0.478 e. The molecule has 0 aliphatic carbocycles. The molecule has 0 bridgehead atoms. The van der Waals surface area contributed by atoms with Gasteiger partial charge >= 0.3 is 5.97 Å². The Hall–Kier alpha value is -3.21. The standard InChI is InChI=1S/C17H13N3O2/c21-16(22)13-7-4-8-15(9-13)20-17-18-10-14(11-19-17)12-5-2-1-3-6-12/h1-11H,(H,21,22)(H,18,19,20). The first-order chi connectivity index (χ1) is 10.7. The molecular formula is C17H13N3O2. The minimum atomic E-state index is -0.969. The van der Waals surface area contributed by atoms with Gasteiger partial charge in [-0.3, -0.25) is 0 Å². The van der Waals surface area contributed by atoms with Gasteiger partial charge in [0.25, 0.3) is 0 Å². The molecule has 3 rings (SSSR count). The van der Waals surface area contributed by atoms with Gasteiger partial charge in [-0.2, -0.15) is 0 Å². The van der Waals surface area contributed by atoms with Gasteiger partial charge in [0.05, 0.1) is 5.56 Å². The largest absolute Gasteiger partial charge is 0.478 e. The van der Waals surface area contributed by atoms with Crippen molar-refractivity contribution in [2.24, 2.45) is 0 Å². The summed E-state index contributed by atoms with van der Waals surface area (Å²) in [6.45, 7) is 0. The van der Waals surface area contributed by atoms with Crippen LogP contribution in [0, 0.1) is 0 Å². The second-order valence-corrected chi connectivity index (χ2v) is 4.67. The lowest BCUT2D eigenvalue weighted by Gasteiger charge is -2.06. The van der Waals surface area contributed by atoms with E-state index >= 15 is 0 Å². The Bertz CT molecular complexity index is 787. The monoisotopic (exact) mass is 291 g/mol. The third-order valence-electron chi connectivity index (χ3n) is 3.12. The lowest BCUT2D eigenvalue weighted by Crippen LogP contribution is -2.00. The number of hydrogen-bond donors (Lipinski definition) is 2. The molecule has 0 amide bonds. The quantitative estimate of drug-likeness (QED) is 0.768. The number of rotatable bonds is 4. The van der Waals surface area contributed by atoms with Crippen LogP contribution in [-0.2, 0) is 0 Å². The molecule has 1 aromatic heterocycles. The fraction of sp³-hybridized carbons (Fsp3) is 0. The van der Waals surface area contributed by atoms with Crippen LogP contribution in [0.15, 0.2) is 67.0 Å². The zero-order chi connectivity index (χ0) is 15.4. The van der Waals surface area contributed by atoms with Crippen LogP contribution in [0.5, 0.6) is 0 Å². The van der Waals surface area contributed by atoms with Crippen LogP contribution in [0.25, 0.3) is 11.1 Å². The first-order valence-electron chi connectivity index (χ1n) is 6.70. The van der Waals surface area contributed by atoms with Crippen LogP contribution >= 0.6 is 0 Å². The topological polar surface area (TPSA) is 75.1 Å². The fourth-order valence-corrected chi connectivity index (χ4v) is 2.03. The Morgan fingerprint density at radius 1 is 0.909 bits per heavy atom. The SMILES string of the molecule is O=C(O)c1cccc(Nc2ncc(-c3ccccc3)cn2)c1. The van der Waals surface area contributed by atoms with E-state index in [9.17, 15) is 4.79 Å². The maximum Gasteiger partial charge on any atom is 0.335 e. The van der Waals surface area contributed by atoms with Crippen molar-refractivity contribution in [3.05, 3.63) is 72.6 Å². The van der Waals surface area contributed by atoms with Gasteiger partial charge in [-0.25, -0.2) is 14.8 Å². The first-order valence-corrected chi connectivity index (χ1v) is 6.70. The number of nitrogens with zero attached hydrogens (tertiary/aromatic N) is 2. The predicted molar refractivity (Wildman–Crippen MR) is 84.2 cm³/mol. The van der Waals surface area contributed by atoms with Crippen LogP contribution in [0.2, 0.25) is 0 Å². The lowest BCUT2D eigenvalue weighted by molar-refractivity contribution is 0.0697. The molecule has 0 saturated heterocycles. The molecule has 0 fully saturated rings. The third kappa shape index (κ3) is 3.09. The maximum atomic E-state index is 10.9. The van der Waals surface area contributed by atoms with Gasteiger partial charge in [0.2, 0.25) is 5.95 Å². The van der Waals surface area contributed by atoms with Crippen molar-refractivity contribution >= 4 is 17.6 Å². The molecule has 108 valence electrons. The number of carbonyl (C=O) groups is 1. The summed E-state index contributed by atoms with van der Waals surface area (Å²) >= 11 is 0. The maximum absolute atomic E-state index is 10.9. The van der Waals surface area contributed by atoms with Crippen LogP contribution in [0.3, 0.4) is 0 Å². The van der Waals surface area contributed by atoms with Crippen molar-refractivity contribution in [2.45, 2.75) is 0 Å². The fourth-order valence-electron chi connectivity index (χ4n) is 2.03. The number of anilines is 2. The summed E-state index contributed by atoms with van der Waals surface area (Å²) < 4.78 is 0. The van der Waals surface area contributed by atoms with Gasteiger partial charge in [0, 0.05) is 23.6 Å². The molecule has 0 spiro atoms. The number of carboxylic acid groups (broad SMARTS) is 1. The summed E-state index contributed by atoms with van der Waals surface area (Å²) in [5, 5.41) is 12.0. The van der Waals surface area contributed by atoms with Crippen molar-refractivity contribution in [3.63, 3.8) is 0 Å². The molecule has 0 aliphatic rings. The van der Waals surface area contributed by atoms with Crippen LogP contribution in [-0.4, -0.2) is 21.0 Å². The Morgan fingerprint density at radius 3 is 2.32 bits per heavy atom. The number of nitrogens with one attached hydrogen (secondary N) is 1. The minimum absolute atomic E-state index is 0.214. The highest BCUT2D eigenvalue weighted by atomic mass is 16.4. The molecule has 3 aromatic rings. The lowest BCUT2D eigenvalue weighted by atomic mass is 10.1. The molecular weight excluding hydrogens is 278 g/mol. The summed E-state index contributed by atoms with van der Waals surface area (Å²) in [7, 11) is 0. The second kappa shape index (κ2) is 6.05. The summed E-state index contributed by atoms with van der Waals surface area (Å²) in [5.41, 5.74) is 2.81. The smallest absolute Gasteiger partial charge is 0.335 e. The van der Waals surface area contributed by atoms with E-state index < -0.39 is 5.97 Å². The number of aromatic nitrogens is 2. The molecule has 0 unspecified atom stereocenters. The van der Waals surface area contributed by atoms with Gasteiger partial charge < -0.3 is 10.4 Å². The van der Waals surface area contributed by atoms with Crippen molar-refractivity contribution in [3.8, 4) is 11.1 Å². The average Bonchev–Trinajstić information content (AvgIpc) is 2.56. The number of aromatic carboxylic acids is 1. The normalized spacial score (nSPS) is 10.2. The highest BCUT2D eigenvalue weighted by Gasteiger charge is 2.05. The van der Waals surface area contributed by atoms with Crippen molar-refractivity contribution < 1.29 is 9.90 Å². The molecule has 5 heteroatoms. The summed E-state index contributed by atoms with van der Waals surface area (Å²) in [6.07, 6.45) is 3.46. The summed E-state index contributed by atoms with van der Waals surface area (Å²) in [6, 6.07) is 16.4. The van der Waals surface area contributed by atoms with E-state index in [1.54, 1.807) is 24.5 Å². The number of carboxylic acids is 1. The van der Waals surface area contributed by atoms with Crippen molar-refractivity contribution in [1.82, 2.24) is 9.97 Å². The molecule has 0 aliphatic heterocycles. The third-order valence-corrected chi connectivity index (χ3v) is 3.12. The van der Waals surface area contributed by atoms with E-state index in [2.05, 4.69) is 15.3 Å². The Balaban J connectivity index is 1.79. The summed E-state index contributed by atoms with van der Waals surface area (Å²) in [5.74, 6) is -0.550. The Kier molecular flexibility index (Phi) is 3.78. The van der Waals surface area contributed by atoms with Crippen molar-refractivity contribution in [2.75, 3.05) is 5.32 Å². The van der Waals surface area contributed by atoms with E-state index in [0.717, 1.165) is 11.1 Å². The van der Waals surface area contributed by atoms with E-state index in [1.807, 2.05) is 30.3 Å². The molecule has 0 saturated carbocycles. The van der Waals surface area contributed by atoms with E-state index in [4.69, 9.17) is 5.11 Å². The van der Waals surface area contributed by atoms with Crippen LogP contribution in [0.4, 0.5) is 11.6 Å². The van der Waals surface area contributed by atoms with Crippen molar-refractivity contribution in [1.29, 1.82) is 0 Å². The molecule has 2 aromatic carbocycles. The molecule has 0 radical (unpaired) electrons. The van der Waals surface area contributed by atoms with Gasteiger partial charge in [-0.15, -0.1) is 0 Å². The van der Waals surface area contributed by atoms with Crippen LogP contribution < -0.4 is 5.32 Å². The highest BCUT2D eigenvalue weighted by molar-refractivity contribution is 5.89. The zero-order valence-electron chi connectivity index (χ0n) is 11.6. The molecule has 5 nitrogen and oxygen atoms in total. The molecule has 2 N–H and O–H groups in total. The Labute approximate surface area is 127 Å². The van der Waals surface area contributed by atoms with E-state index in [1.165, 1.54) is 12.1 Å². The molecule has 0 atom stereocenters. The molecule has 22 heavy (non-hydrogen) atoms. The second-order valence-electron chi connectivity index (χ2n) is 4.67. The predicted octanol–water partition coefficient (Wildman–Crippen LogP) is 3.59. The van der Waals surface area contributed by atoms with Gasteiger partial charge in [-0.05, 0) is 23.8 Å². The first kappa shape index (κ1) is 13.8. The highest BCUT2D eigenvalue weighted by Crippen LogP contribution is 2.19. The summed E-state index contributed by atoms with van der Waals surface area (Å²) in [4.78, 5) is 19.5. The van der Waals surface area contributed by atoms with Gasteiger partial charge in [-0.1, -0.05) is 36.4 Å². The van der Waals surface area contributed by atoms with Gasteiger partial charge in [0.1, 0.15) is 0 Å². The average molecular weight is 291 g/mol. The van der Waals surface area contributed by atoms with E-state index in [0.29, 0.717) is 11.6 Å².